The van der Waals surface area contributed by atoms with E-state index in [9.17, 15) is 18.0 Å². The number of rotatable bonds is 2. The highest BCUT2D eigenvalue weighted by atomic mass is 19.4. The molecule has 2 rings (SSSR count). The molecule has 1 aliphatic heterocycles. The number of morpholine rings is 1. The number of nitrogens with one attached hydrogen (secondary N) is 2. The summed E-state index contributed by atoms with van der Waals surface area (Å²) in [7, 11) is 0. The fourth-order valence-corrected chi connectivity index (χ4v) is 1.91. The topological polar surface area (TPSA) is 74.2 Å². The van der Waals surface area contributed by atoms with Crippen molar-refractivity contribution >= 4 is 11.6 Å². The zero-order chi connectivity index (χ0) is 15.5. The number of nitriles is 1. The van der Waals surface area contributed by atoms with E-state index >= 15 is 0 Å². The highest BCUT2D eigenvalue weighted by Gasteiger charge is 2.34. The highest BCUT2D eigenvalue weighted by Crippen LogP contribution is 2.33. The lowest BCUT2D eigenvalue weighted by Gasteiger charge is -2.23. The number of hydrogen-bond donors (Lipinski definition) is 2. The quantitative estimate of drug-likeness (QED) is 0.868. The van der Waals surface area contributed by atoms with Gasteiger partial charge in [-0.25, -0.2) is 0 Å². The second-order valence-electron chi connectivity index (χ2n) is 4.42. The van der Waals surface area contributed by atoms with Gasteiger partial charge in [0, 0.05) is 18.8 Å². The van der Waals surface area contributed by atoms with Gasteiger partial charge in [-0.15, -0.1) is 0 Å². The van der Waals surface area contributed by atoms with Crippen LogP contribution in [0.4, 0.5) is 18.9 Å². The molecule has 1 atom stereocenters. The molecule has 1 aromatic rings. The van der Waals surface area contributed by atoms with Gasteiger partial charge in [0.05, 0.1) is 23.8 Å². The number of anilines is 1. The first-order chi connectivity index (χ1) is 9.91. The summed E-state index contributed by atoms with van der Waals surface area (Å²) in [6.45, 7) is 1.28. The van der Waals surface area contributed by atoms with Gasteiger partial charge in [0.2, 0.25) is 0 Å². The Hall–Kier alpha value is -2.11. The van der Waals surface area contributed by atoms with Crippen molar-refractivity contribution in [3.05, 3.63) is 29.3 Å². The Morgan fingerprint density at radius 3 is 2.81 bits per heavy atom. The van der Waals surface area contributed by atoms with Crippen LogP contribution in [0.15, 0.2) is 18.2 Å². The zero-order valence-corrected chi connectivity index (χ0v) is 10.8. The lowest BCUT2D eigenvalue weighted by molar-refractivity contribution is -0.137. The summed E-state index contributed by atoms with van der Waals surface area (Å²) in [4.78, 5) is 11.9. The molecule has 1 amide bonds. The van der Waals surface area contributed by atoms with Crippen LogP contribution in [0, 0.1) is 11.3 Å². The number of halogens is 3. The molecule has 2 N–H and O–H groups in total. The van der Waals surface area contributed by atoms with Crippen LogP contribution in [-0.2, 0) is 15.7 Å². The van der Waals surface area contributed by atoms with Crippen LogP contribution in [0.1, 0.15) is 11.1 Å². The predicted molar refractivity (Wildman–Crippen MR) is 67.4 cm³/mol. The number of hydrogen-bond acceptors (Lipinski definition) is 4. The Morgan fingerprint density at radius 1 is 1.48 bits per heavy atom. The zero-order valence-electron chi connectivity index (χ0n) is 10.8. The van der Waals surface area contributed by atoms with Crippen LogP contribution in [-0.4, -0.2) is 31.7 Å². The number of carbonyl (C=O) groups is 1. The summed E-state index contributed by atoms with van der Waals surface area (Å²) in [5.74, 6) is -0.528. The van der Waals surface area contributed by atoms with Crippen molar-refractivity contribution in [3.8, 4) is 6.07 Å². The molecule has 1 saturated heterocycles. The van der Waals surface area contributed by atoms with E-state index in [1.807, 2.05) is 0 Å². The molecule has 1 aromatic carbocycles. The van der Waals surface area contributed by atoms with Gasteiger partial charge in [-0.2, -0.15) is 18.4 Å². The molecule has 112 valence electrons. The van der Waals surface area contributed by atoms with E-state index in [0.717, 1.165) is 12.1 Å². The Balaban J connectivity index is 2.17. The van der Waals surface area contributed by atoms with Crippen LogP contribution in [0.25, 0.3) is 0 Å². The number of ether oxygens (including phenoxy) is 1. The molecule has 0 aliphatic carbocycles. The second kappa shape index (κ2) is 6.11. The molecule has 8 heteroatoms. The summed E-state index contributed by atoms with van der Waals surface area (Å²) in [5.41, 5.74) is -1.60. The maximum absolute atomic E-state index is 12.8. The lowest BCUT2D eigenvalue weighted by atomic mass is 10.1. The van der Waals surface area contributed by atoms with Crippen molar-refractivity contribution in [2.45, 2.75) is 12.3 Å². The summed E-state index contributed by atoms with van der Waals surface area (Å²) < 4.78 is 43.6. The maximum atomic E-state index is 12.8. The number of benzene rings is 1. The molecule has 0 bridgehead atoms. The number of carbonyl (C=O) groups excluding carboxylic acids is 1. The summed E-state index contributed by atoms with van der Waals surface area (Å²) in [5, 5.41) is 14.0. The summed E-state index contributed by atoms with van der Waals surface area (Å²) in [6, 6.07) is 4.50. The van der Waals surface area contributed by atoms with Crippen molar-refractivity contribution in [2.24, 2.45) is 0 Å². The van der Waals surface area contributed by atoms with E-state index in [1.165, 1.54) is 12.1 Å². The molecular formula is C13H12F3N3O2. The average molecular weight is 299 g/mol. The number of amides is 1. The minimum Gasteiger partial charge on any atom is -0.366 e. The van der Waals surface area contributed by atoms with Gasteiger partial charge in [-0.3, -0.25) is 4.79 Å². The molecule has 0 aromatic heterocycles. The molecule has 0 radical (unpaired) electrons. The maximum Gasteiger partial charge on any atom is 0.417 e. The van der Waals surface area contributed by atoms with Gasteiger partial charge in [0.1, 0.15) is 6.10 Å². The second-order valence-corrected chi connectivity index (χ2v) is 4.42. The third-order valence-corrected chi connectivity index (χ3v) is 2.93. The molecular weight excluding hydrogens is 287 g/mol. The molecule has 1 unspecified atom stereocenters. The lowest BCUT2D eigenvalue weighted by Crippen LogP contribution is -2.45. The minimum atomic E-state index is -4.66. The third-order valence-electron chi connectivity index (χ3n) is 2.93. The standard InChI is InChI=1S/C13H12F3N3O2/c14-13(15,16)10-5-9(2-1-8(10)6-17)19-12(20)11-7-18-3-4-21-11/h1-2,5,11,18H,3-4,7H2,(H,19,20). The normalized spacial score (nSPS) is 18.9. The van der Waals surface area contributed by atoms with E-state index < -0.39 is 29.3 Å². The van der Waals surface area contributed by atoms with Gasteiger partial charge in [0.25, 0.3) is 5.91 Å². The SMILES string of the molecule is N#Cc1ccc(NC(=O)C2CNCCO2)cc1C(F)(F)F. The first-order valence-corrected chi connectivity index (χ1v) is 6.16. The first-order valence-electron chi connectivity index (χ1n) is 6.16. The van der Waals surface area contributed by atoms with Crippen LogP contribution in [0.2, 0.25) is 0 Å². The summed E-state index contributed by atoms with van der Waals surface area (Å²) >= 11 is 0. The van der Waals surface area contributed by atoms with E-state index in [2.05, 4.69) is 10.6 Å². The number of alkyl halides is 3. The molecule has 1 heterocycles. The molecule has 0 saturated carbocycles. The molecule has 1 aliphatic rings. The van der Waals surface area contributed by atoms with Crippen molar-refractivity contribution < 1.29 is 22.7 Å². The molecule has 1 fully saturated rings. The Bertz CT molecular complexity index is 575. The fraction of sp³-hybridized carbons (Fsp3) is 0.385. The Morgan fingerprint density at radius 2 is 2.24 bits per heavy atom. The van der Waals surface area contributed by atoms with Crippen LogP contribution >= 0.6 is 0 Å². The molecule has 5 nitrogen and oxygen atoms in total. The minimum absolute atomic E-state index is 0.0273. The van der Waals surface area contributed by atoms with E-state index in [1.54, 1.807) is 0 Å². The van der Waals surface area contributed by atoms with E-state index in [0.29, 0.717) is 19.7 Å². The highest BCUT2D eigenvalue weighted by molar-refractivity contribution is 5.94. The van der Waals surface area contributed by atoms with Crippen LogP contribution in [0.3, 0.4) is 0 Å². The van der Waals surface area contributed by atoms with Crippen LogP contribution in [0.5, 0.6) is 0 Å². The number of nitrogens with zero attached hydrogens (tertiary/aromatic N) is 1. The first kappa shape index (κ1) is 15.3. The van der Waals surface area contributed by atoms with Crippen molar-refractivity contribution in [1.29, 1.82) is 5.26 Å². The Kier molecular flexibility index (Phi) is 4.45. The predicted octanol–water partition coefficient (Wildman–Crippen LogP) is 1.50. The van der Waals surface area contributed by atoms with Crippen molar-refractivity contribution in [3.63, 3.8) is 0 Å². The monoisotopic (exact) mass is 299 g/mol. The largest absolute Gasteiger partial charge is 0.417 e. The van der Waals surface area contributed by atoms with Gasteiger partial charge in [-0.05, 0) is 18.2 Å². The molecule has 21 heavy (non-hydrogen) atoms. The van der Waals surface area contributed by atoms with Crippen LogP contribution < -0.4 is 10.6 Å². The van der Waals surface area contributed by atoms with Gasteiger partial charge in [-0.1, -0.05) is 0 Å². The van der Waals surface area contributed by atoms with Crippen molar-refractivity contribution in [1.82, 2.24) is 5.32 Å². The third kappa shape index (κ3) is 3.71. The van der Waals surface area contributed by atoms with Gasteiger partial charge in [0.15, 0.2) is 0 Å². The smallest absolute Gasteiger partial charge is 0.366 e. The van der Waals surface area contributed by atoms with Gasteiger partial charge < -0.3 is 15.4 Å². The average Bonchev–Trinajstić information content (AvgIpc) is 2.47. The van der Waals surface area contributed by atoms with Crippen molar-refractivity contribution in [2.75, 3.05) is 25.0 Å². The van der Waals surface area contributed by atoms with Gasteiger partial charge >= 0.3 is 6.18 Å². The summed E-state index contributed by atoms with van der Waals surface area (Å²) in [6.07, 6.45) is -5.40. The Labute approximate surface area is 118 Å². The molecule has 0 spiro atoms. The fourth-order valence-electron chi connectivity index (χ4n) is 1.91. The van der Waals surface area contributed by atoms with E-state index in [-0.39, 0.29) is 5.69 Å². The van der Waals surface area contributed by atoms with E-state index in [4.69, 9.17) is 10.00 Å².